The van der Waals surface area contributed by atoms with Gasteiger partial charge in [0, 0.05) is 35.8 Å². The lowest BCUT2D eigenvalue weighted by Gasteiger charge is -2.35. The van der Waals surface area contributed by atoms with Gasteiger partial charge in [0.05, 0.1) is 6.67 Å². The van der Waals surface area contributed by atoms with Crippen molar-refractivity contribution in [3.8, 4) is 0 Å². The average molecular weight is 385 g/mol. The first-order chi connectivity index (χ1) is 8.33. The molecule has 0 amide bonds. The van der Waals surface area contributed by atoms with Crippen LogP contribution in [0.3, 0.4) is 0 Å². The van der Waals surface area contributed by atoms with E-state index in [1.165, 1.54) is 9.13 Å². The Labute approximate surface area is 128 Å². The second-order valence-electron chi connectivity index (χ2n) is 4.30. The van der Waals surface area contributed by atoms with E-state index in [1.807, 2.05) is 12.1 Å². The van der Waals surface area contributed by atoms with Crippen molar-refractivity contribution in [2.24, 2.45) is 0 Å². The summed E-state index contributed by atoms with van der Waals surface area (Å²) in [6, 6.07) is 8.55. The SMILES string of the molecule is Cl.FCC[C@@H](c1ccccc1I)N1CCNCC1. The van der Waals surface area contributed by atoms with Crippen molar-refractivity contribution in [2.45, 2.75) is 12.5 Å². The van der Waals surface area contributed by atoms with Crippen molar-refractivity contribution < 1.29 is 4.39 Å². The van der Waals surface area contributed by atoms with Gasteiger partial charge in [0.25, 0.3) is 0 Å². The highest BCUT2D eigenvalue weighted by molar-refractivity contribution is 14.1. The second-order valence-corrected chi connectivity index (χ2v) is 5.46. The molecule has 0 radical (unpaired) electrons. The van der Waals surface area contributed by atoms with Gasteiger partial charge in [0.1, 0.15) is 0 Å². The smallest absolute Gasteiger partial charge is 0.0912 e. The summed E-state index contributed by atoms with van der Waals surface area (Å²) in [7, 11) is 0. The van der Waals surface area contributed by atoms with E-state index in [2.05, 4.69) is 44.9 Å². The van der Waals surface area contributed by atoms with Gasteiger partial charge in [-0.15, -0.1) is 12.4 Å². The molecular formula is C13H19ClFIN2. The Kier molecular flexibility index (Phi) is 7.44. The van der Waals surface area contributed by atoms with Crippen molar-refractivity contribution >= 4 is 35.0 Å². The van der Waals surface area contributed by atoms with Crippen LogP contribution < -0.4 is 5.32 Å². The van der Waals surface area contributed by atoms with Gasteiger partial charge in [-0.2, -0.15) is 0 Å². The highest BCUT2D eigenvalue weighted by atomic mass is 127. The fourth-order valence-corrected chi connectivity index (χ4v) is 3.12. The molecule has 0 aliphatic carbocycles. The number of rotatable bonds is 4. The molecule has 1 aromatic carbocycles. The van der Waals surface area contributed by atoms with Gasteiger partial charge in [-0.3, -0.25) is 9.29 Å². The van der Waals surface area contributed by atoms with Gasteiger partial charge in [-0.25, -0.2) is 0 Å². The topological polar surface area (TPSA) is 15.3 Å². The Bertz CT molecular complexity index is 359. The summed E-state index contributed by atoms with van der Waals surface area (Å²) in [5.74, 6) is 0. The predicted molar refractivity (Wildman–Crippen MR) is 84.2 cm³/mol. The van der Waals surface area contributed by atoms with E-state index < -0.39 is 0 Å². The summed E-state index contributed by atoms with van der Waals surface area (Å²) < 4.78 is 14.0. The highest BCUT2D eigenvalue weighted by Crippen LogP contribution is 2.28. The number of benzene rings is 1. The van der Waals surface area contributed by atoms with E-state index in [0.29, 0.717) is 6.42 Å². The summed E-state index contributed by atoms with van der Waals surface area (Å²) in [4.78, 5) is 2.40. The van der Waals surface area contributed by atoms with Crippen LogP contribution in [0, 0.1) is 3.57 Å². The Morgan fingerprint density at radius 3 is 2.56 bits per heavy atom. The molecule has 1 saturated heterocycles. The third-order valence-corrected chi connectivity index (χ3v) is 4.22. The first kappa shape index (κ1) is 16.1. The maximum atomic E-state index is 12.8. The summed E-state index contributed by atoms with van der Waals surface area (Å²) in [5, 5.41) is 3.34. The molecule has 0 unspecified atom stereocenters. The molecule has 1 aliphatic rings. The minimum absolute atomic E-state index is 0. The van der Waals surface area contributed by atoms with Crippen LogP contribution in [0.4, 0.5) is 4.39 Å². The van der Waals surface area contributed by atoms with E-state index in [1.54, 1.807) is 0 Å². The molecule has 2 rings (SSSR count). The Balaban J connectivity index is 0.00000162. The number of halogens is 3. The first-order valence-electron chi connectivity index (χ1n) is 6.08. The van der Waals surface area contributed by atoms with E-state index in [-0.39, 0.29) is 25.1 Å². The molecule has 1 aliphatic heterocycles. The molecule has 0 bridgehead atoms. The molecule has 18 heavy (non-hydrogen) atoms. The van der Waals surface area contributed by atoms with E-state index >= 15 is 0 Å². The lowest BCUT2D eigenvalue weighted by atomic mass is 10.0. The van der Waals surface area contributed by atoms with Gasteiger partial charge in [0.2, 0.25) is 0 Å². The number of nitrogens with zero attached hydrogens (tertiary/aromatic N) is 1. The molecule has 5 heteroatoms. The van der Waals surface area contributed by atoms with E-state index in [9.17, 15) is 4.39 Å². The molecule has 0 aromatic heterocycles. The highest BCUT2D eigenvalue weighted by Gasteiger charge is 2.23. The van der Waals surface area contributed by atoms with Crippen LogP contribution in [0.2, 0.25) is 0 Å². The first-order valence-corrected chi connectivity index (χ1v) is 7.16. The zero-order chi connectivity index (χ0) is 12.1. The predicted octanol–water partition coefficient (Wildman–Crippen LogP) is 3.02. The monoisotopic (exact) mass is 384 g/mol. The molecule has 0 spiro atoms. The van der Waals surface area contributed by atoms with Crippen LogP contribution in [0.5, 0.6) is 0 Å². The van der Waals surface area contributed by atoms with Gasteiger partial charge in [-0.05, 0) is 40.6 Å². The van der Waals surface area contributed by atoms with Crippen LogP contribution in [0.25, 0.3) is 0 Å². The summed E-state index contributed by atoms with van der Waals surface area (Å²) in [6.45, 7) is 3.78. The van der Waals surface area contributed by atoms with Crippen molar-refractivity contribution in [3.63, 3.8) is 0 Å². The van der Waals surface area contributed by atoms with Crippen LogP contribution in [0.1, 0.15) is 18.0 Å². The summed E-state index contributed by atoms with van der Waals surface area (Å²) >= 11 is 2.35. The number of piperazine rings is 1. The fraction of sp³-hybridized carbons (Fsp3) is 0.538. The van der Waals surface area contributed by atoms with Crippen LogP contribution in [-0.2, 0) is 0 Å². The maximum Gasteiger partial charge on any atom is 0.0912 e. The molecular weight excluding hydrogens is 366 g/mol. The van der Waals surface area contributed by atoms with Crippen LogP contribution in [0.15, 0.2) is 24.3 Å². The third kappa shape index (κ3) is 4.05. The normalized spacial score (nSPS) is 18.1. The van der Waals surface area contributed by atoms with Gasteiger partial charge >= 0.3 is 0 Å². The molecule has 1 N–H and O–H groups in total. The number of hydrogen-bond donors (Lipinski definition) is 1. The minimum atomic E-state index is -0.250. The zero-order valence-electron chi connectivity index (χ0n) is 10.2. The number of alkyl halides is 1. The third-order valence-electron chi connectivity index (χ3n) is 3.24. The molecule has 2 nitrogen and oxygen atoms in total. The van der Waals surface area contributed by atoms with E-state index in [0.717, 1.165) is 26.2 Å². The zero-order valence-corrected chi connectivity index (χ0v) is 13.2. The maximum absolute atomic E-state index is 12.8. The van der Waals surface area contributed by atoms with Gasteiger partial charge in [0.15, 0.2) is 0 Å². The molecule has 102 valence electrons. The van der Waals surface area contributed by atoms with E-state index in [4.69, 9.17) is 0 Å². The van der Waals surface area contributed by atoms with Crippen LogP contribution >= 0.6 is 35.0 Å². The lowest BCUT2D eigenvalue weighted by Crippen LogP contribution is -2.45. The minimum Gasteiger partial charge on any atom is -0.314 e. The Morgan fingerprint density at radius 1 is 1.28 bits per heavy atom. The molecule has 1 fully saturated rings. The molecule has 1 heterocycles. The van der Waals surface area contributed by atoms with Crippen molar-refractivity contribution in [1.82, 2.24) is 10.2 Å². The van der Waals surface area contributed by atoms with Gasteiger partial charge in [-0.1, -0.05) is 18.2 Å². The van der Waals surface area contributed by atoms with Crippen molar-refractivity contribution in [3.05, 3.63) is 33.4 Å². The quantitative estimate of drug-likeness (QED) is 0.803. The average Bonchev–Trinajstić information content (AvgIpc) is 2.38. The Morgan fingerprint density at radius 2 is 1.94 bits per heavy atom. The summed E-state index contributed by atoms with van der Waals surface area (Å²) in [5.41, 5.74) is 1.27. The van der Waals surface area contributed by atoms with Gasteiger partial charge < -0.3 is 5.32 Å². The number of nitrogens with one attached hydrogen (secondary N) is 1. The van der Waals surface area contributed by atoms with Crippen molar-refractivity contribution in [2.75, 3.05) is 32.9 Å². The van der Waals surface area contributed by atoms with Crippen molar-refractivity contribution in [1.29, 1.82) is 0 Å². The molecule has 1 atom stereocenters. The standard InChI is InChI=1S/C13H18FIN2.ClH/c14-6-5-13(17-9-7-16-8-10-17)11-3-1-2-4-12(11)15;/h1-4,13,16H,5-10H2;1H/t13-;/m0./s1. The molecule has 0 saturated carbocycles. The second kappa shape index (κ2) is 8.30. The Hall–Kier alpha value is 0.0900. The fourth-order valence-electron chi connectivity index (χ4n) is 2.38. The molecule has 1 aromatic rings. The largest absolute Gasteiger partial charge is 0.314 e. The van der Waals surface area contributed by atoms with Crippen LogP contribution in [-0.4, -0.2) is 37.8 Å². The number of hydrogen-bond acceptors (Lipinski definition) is 2. The lowest BCUT2D eigenvalue weighted by molar-refractivity contribution is 0.157. The summed E-state index contributed by atoms with van der Waals surface area (Å²) in [6.07, 6.45) is 0.597.